The standard InChI is InChI=1S/C12H15NO6/c14-9-5-6-10(15)13(9)19-12(18)8-3-1-7(2-4-8)11(16)17/h7-8H,1-6H2,(H,16,17). The number of carbonyl (C=O) groups excluding carboxylic acids is 3. The molecule has 0 atom stereocenters. The molecular formula is C12H15NO6. The average molecular weight is 269 g/mol. The summed E-state index contributed by atoms with van der Waals surface area (Å²) < 4.78 is 0. The molecule has 7 nitrogen and oxygen atoms in total. The summed E-state index contributed by atoms with van der Waals surface area (Å²) in [6, 6.07) is 0. The maximum atomic E-state index is 11.8. The van der Waals surface area contributed by atoms with Crippen molar-refractivity contribution >= 4 is 23.8 Å². The zero-order valence-electron chi connectivity index (χ0n) is 10.3. The molecule has 1 aliphatic carbocycles. The fourth-order valence-corrected chi connectivity index (χ4v) is 2.40. The summed E-state index contributed by atoms with van der Waals surface area (Å²) in [6.07, 6.45) is 1.78. The van der Waals surface area contributed by atoms with Gasteiger partial charge in [-0.05, 0) is 25.7 Å². The van der Waals surface area contributed by atoms with Crippen LogP contribution in [0.4, 0.5) is 0 Å². The summed E-state index contributed by atoms with van der Waals surface area (Å²) >= 11 is 0. The average Bonchev–Trinajstić information content (AvgIpc) is 2.70. The van der Waals surface area contributed by atoms with Gasteiger partial charge in [0.2, 0.25) is 0 Å². The van der Waals surface area contributed by atoms with Crippen molar-refractivity contribution in [2.75, 3.05) is 0 Å². The van der Waals surface area contributed by atoms with Crippen LogP contribution in [0.1, 0.15) is 38.5 Å². The van der Waals surface area contributed by atoms with Crippen molar-refractivity contribution in [1.82, 2.24) is 5.06 Å². The van der Waals surface area contributed by atoms with Crippen molar-refractivity contribution in [2.45, 2.75) is 38.5 Å². The number of hydroxylamine groups is 2. The highest BCUT2D eigenvalue weighted by molar-refractivity contribution is 6.01. The lowest BCUT2D eigenvalue weighted by molar-refractivity contribution is -0.201. The first-order chi connectivity index (χ1) is 8.99. The number of amides is 2. The van der Waals surface area contributed by atoms with Gasteiger partial charge < -0.3 is 9.94 Å². The van der Waals surface area contributed by atoms with Gasteiger partial charge in [0, 0.05) is 12.8 Å². The van der Waals surface area contributed by atoms with E-state index in [1.165, 1.54) is 0 Å². The highest BCUT2D eigenvalue weighted by Crippen LogP contribution is 2.30. The van der Waals surface area contributed by atoms with Crippen molar-refractivity contribution in [3.63, 3.8) is 0 Å². The molecule has 1 heterocycles. The molecule has 104 valence electrons. The van der Waals surface area contributed by atoms with Gasteiger partial charge >= 0.3 is 11.9 Å². The minimum absolute atomic E-state index is 0.0673. The highest BCUT2D eigenvalue weighted by atomic mass is 16.7. The Hall–Kier alpha value is -1.92. The van der Waals surface area contributed by atoms with Gasteiger partial charge in [-0.2, -0.15) is 0 Å². The molecule has 2 aliphatic rings. The van der Waals surface area contributed by atoms with E-state index >= 15 is 0 Å². The highest BCUT2D eigenvalue weighted by Gasteiger charge is 2.36. The Kier molecular flexibility index (Phi) is 3.82. The SMILES string of the molecule is O=C(O)C1CCC(C(=O)ON2C(=O)CCC2=O)CC1. The first-order valence-corrected chi connectivity index (χ1v) is 6.29. The molecule has 2 rings (SSSR count). The van der Waals surface area contributed by atoms with Crippen LogP contribution in [-0.4, -0.2) is 33.9 Å². The quantitative estimate of drug-likeness (QED) is 0.748. The molecule has 19 heavy (non-hydrogen) atoms. The Morgan fingerprint density at radius 2 is 1.47 bits per heavy atom. The molecule has 1 aliphatic heterocycles. The number of carbonyl (C=O) groups is 4. The van der Waals surface area contributed by atoms with Gasteiger partial charge in [-0.3, -0.25) is 14.4 Å². The molecule has 0 aromatic carbocycles. The number of rotatable bonds is 3. The topological polar surface area (TPSA) is 101 Å². The smallest absolute Gasteiger partial charge is 0.336 e. The van der Waals surface area contributed by atoms with E-state index < -0.39 is 35.6 Å². The second-order valence-electron chi connectivity index (χ2n) is 4.88. The molecule has 0 radical (unpaired) electrons. The summed E-state index contributed by atoms with van der Waals surface area (Å²) in [4.78, 5) is 50.0. The fraction of sp³-hybridized carbons (Fsp3) is 0.667. The molecule has 2 amide bonds. The van der Waals surface area contributed by atoms with Gasteiger partial charge in [-0.15, -0.1) is 5.06 Å². The molecule has 0 spiro atoms. The van der Waals surface area contributed by atoms with E-state index in [2.05, 4.69) is 0 Å². The number of carboxylic acids is 1. The number of hydrogen-bond donors (Lipinski definition) is 1. The molecular weight excluding hydrogens is 254 g/mol. The van der Waals surface area contributed by atoms with Crippen LogP contribution >= 0.6 is 0 Å². The predicted molar refractivity (Wildman–Crippen MR) is 60.3 cm³/mol. The molecule has 0 aromatic heterocycles. The minimum Gasteiger partial charge on any atom is -0.481 e. The summed E-state index contributed by atoms with van der Waals surface area (Å²) in [7, 11) is 0. The maximum absolute atomic E-state index is 11.8. The first kappa shape index (κ1) is 13.5. The van der Waals surface area contributed by atoms with Crippen molar-refractivity contribution in [3.05, 3.63) is 0 Å². The largest absolute Gasteiger partial charge is 0.481 e. The van der Waals surface area contributed by atoms with Crippen LogP contribution in [0, 0.1) is 11.8 Å². The zero-order valence-corrected chi connectivity index (χ0v) is 10.3. The normalized spacial score (nSPS) is 27.5. The second-order valence-corrected chi connectivity index (χ2v) is 4.88. The van der Waals surface area contributed by atoms with Crippen LogP contribution in [-0.2, 0) is 24.0 Å². The Bertz CT molecular complexity index is 408. The van der Waals surface area contributed by atoms with E-state index in [1.807, 2.05) is 0 Å². The van der Waals surface area contributed by atoms with Crippen LogP contribution in [0.3, 0.4) is 0 Å². The third-order valence-electron chi connectivity index (χ3n) is 3.60. The van der Waals surface area contributed by atoms with Crippen molar-refractivity contribution in [3.8, 4) is 0 Å². The molecule has 1 saturated carbocycles. The Balaban J connectivity index is 1.86. The van der Waals surface area contributed by atoms with Crippen LogP contribution < -0.4 is 0 Å². The number of carboxylic acid groups (broad SMARTS) is 1. The van der Waals surface area contributed by atoms with Gasteiger partial charge in [0.25, 0.3) is 11.8 Å². The van der Waals surface area contributed by atoms with Crippen molar-refractivity contribution in [2.24, 2.45) is 11.8 Å². The summed E-state index contributed by atoms with van der Waals surface area (Å²) in [5, 5.41) is 9.38. The van der Waals surface area contributed by atoms with Gasteiger partial charge in [0.1, 0.15) is 0 Å². The summed E-state index contributed by atoms with van der Waals surface area (Å²) in [5.41, 5.74) is 0. The number of hydrogen-bond acceptors (Lipinski definition) is 5. The van der Waals surface area contributed by atoms with E-state index in [-0.39, 0.29) is 12.8 Å². The number of imide groups is 1. The third kappa shape index (κ3) is 2.91. The second kappa shape index (κ2) is 5.38. The van der Waals surface area contributed by atoms with Crippen LogP contribution in [0.2, 0.25) is 0 Å². The molecule has 0 aromatic rings. The minimum atomic E-state index is -0.850. The van der Waals surface area contributed by atoms with Crippen molar-refractivity contribution in [1.29, 1.82) is 0 Å². The van der Waals surface area contributed by atoms with Gasteiger partial charge in [0.15, 0.2) is 0 Å². The molecule has 0 unspecified atom stereocenters. The van der Waals surface area contributed by atoms with E-state index in [9.17, 15) is 19.2 Å². The third-order valence-corrected chi connectivity index (χ3v) is 3.60. The molecule has 0 bridgehead atoms. The first-order valence-electron chi connectivity index (χ1n) is 6.29. The van der Waals surface area contributed by atoms with Gasteiger partial charge in [0.05, 0.1) is 11.8 Å². The van der Waals surface area contributed by atoms with Crippen LogP contribution in [0.15, 0.2) is 0 Å². The van der Waals surface area contributed by atoms with Crippen LogP contribution in [0.25, 0.3) is 0 Å². The Morgan fingerprint density at radius 1 is 1.00 bits per heavy atom. The summed E-state index contributed by atoms with van der Waals surface area (Å²) in [5.74, 6) is -3.32. The van der Waals surface area contributed by atoms with E-state index in [0.717, 1.165) is 0 Å². The van der Waals surface area contributed by atoms with E-state index in [4.69, 9.17) is 9.94 Å². The van der Waals surface area contributed by atoms with Gasteiger partial charge in [-0.25, -0.2) is 4.79 Å². The van der Waals surface area contributed by atoms with Crippen molar-refractivity contribution < 1.29 is 29.1 Å². The monoisotopic (exact) mass is 269 g/mol. The number of nitrogens with zero attached hydrogens (tertiary/aromatic N) is 1. The summed E-state index contributed by atoms with van der Waals surface area (Å²) in [6.45, 7) is 0. The van der Waals surface area contributed by atoms with Gasteiger partial charge in [-0.1, -0.05) is 0 Å². The molecule has 7 heteroatoms. The maximum Gasteiger partial charge on any atom is 0.336 e. The lowest BCUT2D eigenvalue weighted by atomic mass is 9.82. The fourth-order valence-electron chi connectivity index (χ4n) is 2.40. The lowest BCUT2D eigenvalue weighted by Crippen LogP contribution is -2.36. The Labute approximate surface area is 109 Å². The zero-order chi connectivity index (χ0) is 14.0. The van der Waals surface area contributed by atoms with Crippen LogP contribution in [0.5, 0.6) is 0 Å². The molecule has 2 fully saturated rings. The molecule has 1 saturated heterocycles. The lowest BCUT2D eigenvalue weighted by Gasteiger charge is -2.25. The predicted octanol–water partition coefficient (Wildman–Crippen LogP) is 0.485. The van der Waals surface area contributed by atoms with E-state index in [1.54, 1.807) is 0 Å². The van der Waals surface area contributed by atoms with E-state index in [0.29, 0.717) is 30.7 Å². The Morgan fingerprint density at radius 3 is 1.95 bits per heavy atom. The molecule has 1 N–H and O–H groups in total. The number of aliphatic carboxylic acids is 1.